The summed E-state index contributed by atoms with van der Waals surface area (Å²) in [5.41, 5.74) is 7.17. The molecule has 0 amide bonds. The zero-order chi connectivity index (χ0) is 10.3. The second-order valence-electron chi connectivity index (χ2n) is 4.20. The zero-order valence-corrected chi connectivity index (χ0v) is 8.88. The molecule has 80 valence electrons. The van der Waals surface area contributed by atoms with Crippen LogP contribution in [0.25, 0.3) is 0 Å². The Morgan fingerprint density at radius 2 is 2.13 bits per heavy atom. The van der Waals surface area contributed by atoms with Crippen LogP contribution in [0.15, 0.2) is 12.1 Å². The summed E-state index contributed by atoms with van der Waals surface area (Å²) in [4.78, 5) is 4.97. The lowest BCUT2D eigenvalue weighted by molar-refractivity contribution is 0.0536. The topological polar surface area (TPSA) is 30.5 Å². The third kappa shape index (κ3) is 1.43. The minimum atomic E-state index is 0.191. The molecule has 1 aliphatic carbocycles. The van der Waals surface area contributed by atoms with Crippen LogP contribution in [-0.2, 0) is 17.7 Å². The Morgan fingerprint density at radius 1 is 1.33 bits per heavy atom. The Morgan fingerprint density at radius 3 is 2.93 bits per heavy atom. The van der Waals surface area contributed by atoms with Gasteiger partial charge >= 0.3 is 0 Å². The maximum Gasteiger partial charge on any atom is 0.124 e. The van der Waals surface area contributed by atoms with Crippen molar-refractivity contribution in [2.45, 2.75) is 25.3 Å². The van der Waals surface area contributed by atoms with Gasteiger partial charge in [0, 0.05) is 5.56 Å². The van der Waals surface area contributed by atoms with Gasteiger partial charge in [-0.15, -0.1) is 0 Å². The van der Waals surface area contributed by atoms with E-state index in [2.05, 4.69) is 17.6 Å². The molecule has 15 heavy (non-hydrogen) atoms. The van der Waals surface area contributed by atoms with Crippen molar-refractivity contribution in [1.82, 2.24) is 5.48 Å². The molecule has 3 heteroatoms. The molecule has 1 heterocycles. The number of hydrogen-bond acceptors (Lipinski definition) is 3. The molecule has 1 aliphatic heterocycles. The van der Waals surface area contributed by atoms with E-state index in [9.17, 15) is 0 Å². The molecule has 1 N–H and O–H groups in total. The fraction of sp³-hybridized carbons (Fsp3) is 0.500. The van der Waals surface area contributed by atoms with E-state index in [-0.39, 0.29) is 6.04 Å². The molecule has 0 saturated carbocycles. The first kappa shape index (κ1) is 9.19. The van der Waals surface area contributed by atoms with Gasteiger partial charge in [-0.25, -0.2) is 0 Å². The molecule has 1 atom stereocenters. The molecule has 1 aromatic rings. The monoisotopic (exact) mass is 205 g/mol. The highest BCUT2D eigenvalue weighted by Gasteiger charge is 2.26. The fourth-order valence-corrected chi connectivity index (χ4v) is 2.52. The summed E-state index contributed by atoms with van der Waals surface area (Å²) in [5, 5.41) is 0. The van der Waals surface area contributed by atoms with Crippen molar-refractivity contribution >= 4 is 0 Å². The molecule has 1 unspecified atom stereocenters. The van der Waals surface area contributed by atoms with E-state index in [0.717, 1.165) is 5.75 Å². The predicted octanol–water partition coefficient (Wildman–Crippen LogP) is 1.76. The van der Waals surface area contributed by atoms with E-state index in [1.807, 2.05) is 0 Å². The highest BCUT2D eigenvalue weighted by atomic mass is 16.6. The van der Waals surface area contributed by atoms with Crippen molar-refractivity contribution in [1.29, 1.82) is 0 Å². The fourth-order valence-electron chi connectivity index (χ4n) is 2.52. The second-order valence-corrected chi connectivity index (χ2v) is 4.20. The highest BCUT2D eigenvalue weighted by Crippen LogP contribution is 2.37. The van der Waals surface area contributed by atoms with Crippen LogP contribution in [0.3, 0.4) is 0 Å². The van der Waals surface area contributed by atoms with Crippen molar-refractivity contribution in [3.8, 4) is 5.75 Å². The van der Waals surface area contributed by atoms with Crippen LogP contribution in [-0.4, -0.2) is 13.7 Å². The highest BCUT2D eigenvalue weighted by molar-refractivity contribution is 5.48. The molecule has 0 saturated heterocycles. The molecule has 0 bridgehead atoms. The van der Waals surface area contributed by atoms with Crippen LogP contribution in [0.4, 0.5) is 0 Å². The average Bonchev–Trinajstić information content (AvgIpc) is 2.82. The lowest BCUT2D eigenvalue weighted by Crippen LogP contribution is -2.21. The normalized spacial score (nSPS) is 22.3. The second kappa shape index (κ2) is 3.51. The average molecular weight is 205 g/mol. The standard InChI is InChI=1S/C12H15NO2/c1-14-13-11-7-15-12-6-9-4-2-3-8(9)5-10(11)12/h5-6,11,13H,2-4,7H2,1H3. The number of fused-ring (bicyclic) bond motifs is 2. The molecular formula is C12H15NO2. The summed E-state index contributed by atoms with van der Waals surface area (Å²) in [7, 11) is 1.64. The van der Waals surface area contributed by atoms with Crippen molar-refractivity contribution in [3.63, 3.8) is 0 Å². The summed E-state index contributed by atoms with van der Waals surface area (Å²) < 4.78 is 5.65. The van der Waals surface area contributed by atoms with Crippen LogP contribution in [0.2, 0.25) is 0 Å². The molecule has 0 radical (unpaired) electrons. The third-order valence-corrected chi connectivity index (χ3v) is 3.27. The Kier molecular flexibility index (Phi) is 2.15. The number of hydroxylamine groups is 1. The summed E-state index contributed by atoms with van der Waals surface area (Å²) >= 11 is 0. The summed E-state index contributed by atoms with van der Waals surface area (Å²) in [5.74, 6) is 1.03. The quantitative estimate of drug-likeness (QED) is 0.746. The lowest BCUT2D eigenvalue weighted by Gasteiger charge is -2.09. The summed E-state index contributed by atoms with van der Waals surface area (Å²) in [6.45, 7) is 0.673. The van der Waals surface area contributed by atoms with Gasteiger partial charge in [-0.3, -0.25) is 0 Å². The van der Waals surface area contributed by atoms with Crippen LogP contribution in [0.1, 0.15) is 29.2 Å². The van der Waals surface area contributed by atoms with Crippen molar-refractivity contribution in [3.05, 3.63) is 28.8 Å². The van der Waals surface area contributed by atoms with E-state index in [1.54, 1.807) is 7.11 Å². The van der Waals surface area contributed by atoms with E-state index < -0.39 is 0 Å². The van der Waals surface area contributed by atoms with Crippen LogP contribution in [0, 0.1) is 0 Å². The Balaban J connectivity index is 1.98. The lowest BCUT2D eigenvalue weighted by atomic mass is 10.0. The summed E-state index contributed by atoms with van der Waals surface area (Å²) in [6, 6.07) is 4.67. The van der Waals surface area contributed by atoms with Gasteiger partial charge in [0.05, 0.1) is 13.2 Å². The van der Waals surface area contributed by atoms with E-state index >= 15 is 0 Å². The van der Waals surface area contributed by atoms with Crippen molar-refractivity contribution < 1.29 is 9.57 Å². The molecule has 1 aromatic carbocycles. The largest absolute Gasteiger partial charge is 0.491 e. The van der Waals surface area contributed by atoms with Gasteiger partial charge in [0.15, 0.2) is 0 Å². The Labute approximate surface area is 89.3 Å². The number of rotatable bonds is 2. The molecule has 3 nitrogen and oxygen atoms in total. The van der Waals surface area contributed by atoms with Gasteiger partial charge in [0.2, 0.25) is 0 Å². The predicted molar refractivity (Wildman–Crippen MR) is 56.8 cm³/mol. The van der Waals surface area contributed by atoms with Gasteiger partial charge in [-0.2, -0.15) is 5.48 Å². The SMILES string of the molecule is CONC1COc2cc3c(cc21)CCC3. The molecular weight excluding hydrogens is 190 g/mol. The van der Waals surface area contributed by atoms with Crippen molar-refractivity contribution in [2.75, 3.05) is 13.7 Å². The molecule has 2 aliphatic rings. The molecule has 0 spiro atoms. The number of ether oxygens (including phenoxy) is 1. The Bertz CT molecular complexity index is 389. The minimum Gasteiger partial charge on any atom is -0.491 e. The molecule has 3 rings (SSSR count). The van der Waals surface area contributed by atoms with Crippen LogP contribution >= 0.6 is 0 Å². The van der Waals surface area contributed by atoms with Crippen LogP contribution < -0.4 is 10.2 Å². The number of nitrogens with one attached hydrogen (secondary N) is 1. The first-order chi connectivity index (χ1) is 7.38. The van der Waals surface area contributed by atoms with Gasteiger partial charge in [-0.1, -0.05) is 6.07 Å². The maximum atomic E-state index is 5.65. The summed E-state index contributed by atoms with van der Waals surface area (Å²) in [6.07, 6.45) is 3.69. The Hall–Kier alpha value is -1.06. The molecule has 0 fully saturated rings. The number of hydrogen-bond donors (Lipinski definition) is 1. The smallest absolute Gasteiger partial charge is 0.124 e. The van der Waals surface area contributed by atoms with E-state index in [1.165, 1.54) is 36.0 Å². The van der Waals surface area contributed by atoms with Gasteiger partial charge in [0.1, 0.15) is 12.4 Å². The van der Waals surface area contributed by atoms with Gasteiger partial charge in [0.25, 0.3) is 0 Å². The minimum absolute atomic E-state index is 0.191. The maximum absolute atomic E-state index is 5.65. The van der Waals surface area contributed by atoms with E-state index in [0.29, 0.717) is 6.61 Å². The molecule has 0 aromatic heterocycles. The first-order valence-corrected chi connectivity index (χ1v) is 5.45. The van der Waals surface area contributed by atoms with E-state index in [4.69, 9.17) is 9.57 Å². The van der Waals surface area contributed by atoms with Crippen molar-refractivity contribution in [2.24, 2.45) is 0 Å². The van der Waals surface area contributed by atoms with Gasteiger partial charge in [-0.05, 0) is 36.5 Å². The number of benzene rings is 1. The third-order valence-electron chi connectivity index (χ3n) is 3.27. The zero-order valence-electron chi connectivity index (χ0n) is 8.88. The van der Waals surface area contributed by atoms with Gasteiger partial charge < -0.3 is 9.57 Å². The number of aryl methyl sites for hydroxylation is 2. The van der Waals surface area contributed by atoms with Crippen LogP contribution in [0.5, 0.6) is 5.75 Å². The first-order valence-electron chi connectivity index (χ1n) is 5.45.